The van der Waals surface area contributed by atoms with Crippen molar-refractivity contribution in [3.8, 4) is 11.5 Å². The summed E-state index contributed by atoms with van der Waals surface area (Å²) in [4.78, 5) is 18.5. The number of nitrogens with one attached hydrogen (secondary N) is 1. The van der Waals surface area contributed by atoms with Gasteiger partial charge in [-0.25, -0.2) is 9.78 Å². The van der Waals surface area contributed by atoms with E-state index in [1.165, 1.54) is 18.4 Å². The number of hydrogen-bond acceptors (Lipinski definition) is 5. The number of urea groups is 1. The normalized spacial score (nSPS) is 13.6. The van der Waals surface area contributed by atoms with E-state index in [0.717, 1.165) is 24.1 Å². The molecule has 2 amide bonds. The molecule has 0 radical (unpaired) electrons. The Labute approximate surface area is 138 Å². The fourth-order valence-corrected chi connectivity index (χ4v) is 2.92. The van der Waals surface area contributed by atoms with E-state index in [2.05, 4.69) is 10.3 Å². The molecule has 0 saturated heterocycles. The van der Waals surface area contributed by atoms with Gasteiger partial charge in [0.15, 0.2) is 11.5 Å². The van der Waals surface area contributed by atoms with Gasteiger partial charge in [-0.05, 0) is 30.5 Å². The largest absolute Gasteiger partial charge is 0.504 e. The van der Waals surface area contributed by atoms with Crippen molar-refractivity contribution < 1.29 is 14.6 Å². The Bertz CT molecular complexity index is 671. The fourth-order valence-electron chi connectivity index (χ4n) is 2.36. The third-order valence-electron chi connectivity index (χ3n) is 3.75. The minimum atomic E-state index is -0.0902. The van der Waals surface area contributed by atoms with Crippen LogP contribution >= 0.6 is 11.3 Å². The van der Waals surface area contributed by atoms with Crippen LogP contribution in [0.15, 0.2) is 29.1 Å². The maximum Gasteiger partial charge on any atom is 0.318 e. The Balaban J connectivity index is 1.65. The molecule has 23 heavy (non-hydrogen) atoms. The van der Waals surface area contributed by atoms with E-state index in [1.54, 1.807) is 23.7 Å². The monoisotopic (exact) mass is 333 g/mol. The summed E-state index contributed by atoms with van der Waals surface area (Å²) in [5.41, 5.74) is 3.55. The number of thiazole rings is 1. The lowest BCUT2D eigenvalue weighted by Gasteiger charge is -2.23. The molecule has 1 fully saturated rings. The number of carbonyl (C=O) groups is 1. The number of nitrogens with zero attached hydrogens (tertiary/aromatic N) is 2. The summed E-state index contributed by atoms with van der Waals surface area (Å²) in [7, 11) is 1.51. The molecule has 7 heteroatoms. The Hall–Kier alpha value is -2.28. The molecule has 0 unspecified atom stereocenters. The maximum absolute atomic E-state index is 12.5. The molecule has 3 rings (SSSR count). The zero-order valence-electron chi connectivity index (χ0n) is 12.9. The van der Waals surface area contributed by atoms with Crippen LogP contribution in [0.1, 0.15) is 24.1 Å². The van der Waals surface area contributed by atoms with Crippen molar-refractivity contribution in [1.29, 1.82) is 0 Å². The summed E-state index contributed by atoms with van der Waals surface area (Å²) < 4.78 is 5.12. The first-order chi connectivity index (χ1) is 11.2. The van der Waals surface area contributed by atoms with E-state index in [0.29, 0.717) is 18.8 Å². The second-order valence-corrected chi connectivity index (χ2v) is 6.22. The number of aromatic nitrogens is 1. The molecule has 1 heterocycles. The van der Waals surface area contributed by atoms with Crippen LogP contribution in [0, 0.1) is 0 Å². The number of rotatable bonds is 6. The number of aromatic hydroxyl groups is 1. The van der Waals surface area contributed by atoms with Gasteiger partial charge in [-0.1, -0.05) is 6.07 Å². The number of benzene rings is 1. The molecule has 1 aliphatic carbocycles. The van der Waals surface area contributed by atoms with E-state index in [9.17, 15) is 9.90 Å². The van der Waals surface area contributed by atoms with Crippen LogP contribution in [0.4, 0.5) is 4.79 Å². The summed E-state index contributed by atoms with van der Waals surface area (Å²) in [5.74, 6) is 0.517. The predicted molar refractivity (Wildman–Crippen MR) is 87.6 cm³/mol. The number of methoxy groups -OCH3 is 1. The molecule has 6 nitrogen and oxygen atoms in total. The van der Waals surface area contributed by atoms with Crippen LogP contribution in [-0.2, 0) is 13.1 Å². The van der Waals surface area contributed by atoms with Crippen molar-refractivity contribution in [1.82, 2.24) is 15.2 Å². The Kier molecular flexibility index (Phi) is 4.66. The van der Waals surface area contributed by atoms with Crippen LogP contribution in [-0.4, -0.2) is 34.2 Å². The standard InChI is InChI=1S/C16H19N3O3S/c1-22-15-6-11(2-5-14(15)20)8-19(13-3-4-13)16(21)17-7-12-9-23-10-18-12/h2,5-6,9-10,13,20H,3-4,7-8H2,1H3,(H,17,21). The highest BCUT2D eigenvalue weighted by molar-refractivity contribution is 7.07. The highest BCUT2D eigenvalue weighted by atomic mass is 32.1. The molecule has 1 aromatic carbocycles. The van der Waals surface area contributed by atoms with Gasteiger partial charge >= 0.3 is 6.03 Å². The van der Waals surface area contributed by atoms with Crippen LogP contribution in [0.25, 0.3) is 0 Å². The SMILES string of the molecule is COc1cc(CN(C(=O)NCc2cscn2)C2CC2)ccc1O. The van der Waals surface area contributed by atoms with Gasteiger partial charge in [-0.15, -0.1) is 11.3 Å². The van der Waals surface area contributed by atoms with E-state index in [4.69, 9.17) is 4.74 Å². The van der Waals surface area contributed by atoms with Gasteiger partial charge in [0.25, 0.3) is 0 Å². The van der Waals surface area contributed by atoms with Crippen molar-refractivity contribution >= 4 is 17.4 Å². The second kappa shape index (κ2) is 6.87. The molecule has 122 valence electrons. The molecule has 0 atom stereocenters. The topological polar surface area (TPSA) is 74.7 Å². The lowest BCUT2D eigenvalue weighted by atomic mass is 10.2. The molecule has 2 N–H and O–H groups in total. The smallest absolute Gasteiger partial charge is 0.318 e. The maximum atomic E-state index is 12.5. The first-order valence-corrected chi connectivity index (χ1v) is 8.39. The lowest BCUT2D eigenvalue weighted by molar-refractivity contribution is 0.191. The fraction of sp³-hybridized carbons (Fsp3) is 0.375. The summed E-state index contributed by atoms with van der Waals surface area (Å²) in [6.45, 7) is 0.925. The van der Waals surface area contributed by atoms with Crippen molar-refractivity contribution in [2.24, 2.45) is 0 Å². The zero-order chi connectivity index (χ0) is 16.2. The van der Waals surface area contributed by atoms with E-state index >= 15 is 0 Å². The van der Waals surface area contributed by atoms with E-state index in [1.807, 2.05) is 10.3 Å². The van der Waals surface area contributed by atoms with Gasteiger partial charge < -0.3 is 20.1 Å². The Morgan fingerprint density at radius 3 is 3.00 bits per heavy atom. The second-order valence-electron chi connectivity index (χ2n) is 5.50. The number of ether oxygens (including phenoxy) is 1. The summed E-state index contributed by atoms with van der Waals surface area (Å²) in [5, 5.41) is 14.5. The third kappa shape index (κ3) is 3.92. The van der Waals surface area contributed by atoms with Gasteiger partial charge in [-0.3, -0.25) is 0 Å². The van der Waals surface area contributed by atoms with E-state index < -0.39 is 0 Å². The molecular weight excluding hydrogens is 314 g/mol. The van der Waals surface area contributed by atoms with Gasteiger partial charge in [0.1, 0.15) is 0 Å². The van der Waals surface area contributed by atoms with Crippen molar-refractivity contribution in [2.75, 3.05) is 7.11 Å². The number of phenolic OH excluding ortho intramolecular Hbond substituents is 1. The van der Waals surface area contributed by atoms with Crippen LogP contribution in [0.2, 0.25) is 0 Å². The van der Waals surface area contributed by atoms with Gasteiger partial charge in [0.2, 0.25) is 0 Å². The molecule has 0 aliphatic heterocycles. The predicted octanol–water partition coefficient (Wildman–Crippen LogP) is 2.73. The van der Waals surface area contributed by atoms with Gasteiger partial charge in [0.05, 0.1) is 24.9 Å². The minimum absolute atomic E-state index is 0.0902. The number of hydrogen-bond donors (Lipinski definition) is 2. The number of phenols is 1. The average Bonchev–Trinajstić information content (AvgIpc) is 3.26. The van der Waals surface area contributed by atoms with Crippen LogP contribution in [0.5, 0.6) is 11.5 Å². The zero-order valence-corrected chi connectivity index (χ0v) is 13.7. The highest BCUT2D eigenvalue weighted by Crippen LogP contribution is 2.31. The van der Waals surface area contributed by atoms with Gasteiger partial charge in [0, 0.05) is 18.0 Å². The Morgan fingerprint density at radius 2 is 2.35 bits per heavy atom. The van der Waals surface area contributed by atoms with Crippen molar-refractivity contribution in [3.05, 3.63) is 40.3 Å². The van der Waals surface area contributed by atoms with Crippen molar-refractivity contribution in [3.63, 3.8) is 0 Å². The average molecular weight is 333 g/mol. The lowest BCUT2D eigenvalue weighted by Crippen LogP contribution is -2.40. The molecule has 1 aliphatic rings. The van der Waals surface area contributed by atoms with Crippen LogP contribution in [0.3, 0.4) is 0 Å². The van der Waals surface area contributed by atoms with Crippen LogP contribution < -0.4 is 10.1 Å². The molecule has 0 bridgehead atoms. The van der Waals surface area contributed by atoms with Crippen molar-refractivity contribution in [2.45, 2.75) is 32.0 Å². The van der Waals surface area contributed by atoms with E-state index in [-0.39, 0.29) is 17.8 Å². The molecular formula is C16H19N3O3S. The summed E-state index contributed by atoms with van der Waals surface area (Å²) in [6, 6.07) is 5.35. The molecule has 0 spiro atoms. The minimum Gasteiger partial charge on any atom is -0.504 e. The molecule has 1 aromatic heterocycles. The summed E-state index contributed by atoms with van der Waals surface area (Å²) in [6.07, 6.45) is 2.05. The first-order valence-electron chi connectivity index (χ1n) is 7.45. The first kappa shape index (κ1) is 15.6. The molecule has 1 saturated carbocycles. The third-order valence-corrected chi connectivity index (χ3v) is 4.39. The van der Waals surface area contributed by atoms with Gasteiger partial charge in [-0.2, -0.15) is 0 Å². The number of amides is 2. The summed E-state index contributed by atoms with van der Waals surface area (Å²) >= 11 is 1.51. The Morgan fingerprint density at radius 1 is 1.52 bits per heavy atom. The highest BCUT2D eigenvalue weighted by Gasteiger charge is 2.32. The molecule has 2 aromatic rings. The number of carbonyl (C=O) groups excluding carboxylic acids is 1. The quantitative estimate of drug-likeness (QED) is 0.852.